The highest BCUT2D eigenvalue weighted by Crippen LogP contribution is 2.27. The van der Waals surface area contributed by atoms with Gasteiger partial charge in [0.2, 0.25) is 0 Å². The third-order valence-corrected chi connectivity index (χ3v) is 5.27. The molecule has 0 radical (unpaired) electrons. The second-order valence-corrected chi connectivity index (χ2v) is 6.46. The number of hydrogen-bond acceptors (Lipinski definition) is 4. The Balaban J connectivity index is 2.38. The first-order chi connectivity index (χ1) is 10.7. The number of nitriles is 2. The summed E-state index contributed by atoms with van der Waals surface area (Å²) in [5.74, 6) is 0.0785. The fourth-order valence-corrected chi connectivity index (χ4v) is 4.14. The lowest BCUT2D eigenvalue weighted by atomic mass is 10.2. The van der Waals surface area contributed by atoms with Gasteiger partial charge in [0.05, 0.1) is 4.53 Å². The highest BCUT2D eigenvalue weighted by atomic mass is 32.1. The van der Waals surface area contributed by atoms with Crippen molar-refractivity contribution in [2.75, 3.05) is 0 Å². The molecule has 0 saturated carbocycles. The third kappa shape index (κ3) is 2.10. The fraction of sp³-hybridized carbons (Fsp3) is 0. The van der Waals surface area contributed by atoms with Crippen LogP contribution in [0.5, 0.6) is 0 Å². The zero-order chi connectivity index (χ0) is 15.7. The number of hydrogen-bond donors (Lipinski definition) is 0. The summed E-state index contributed by atoms with van der Waals surface area (Å²) in [6, 6.07) is 11.4. The second kappa shape index (κ2) is 5.32. The quantitative estimate of drug-likeness (QED) is 0.598. The van der Waals surface area contributed by atoms with Gasteiger partial charge in [0.1, 0.15) is 35.4 Å². The lowest BCUT2D eigenvalue weighted by Gasteiger charge is -1.89. The van der Waals surface area contributed by atoms with Gasteiger partial charge in [-0.2, -0.15) is 20.2 Å². The van der Waals surface area contributed by atoms with Crippen molar-refractivity contribution in [1.29, 1.82) is 10.5 Å². The van der Waals surface area contributed by atoms with Crippen molar-refractivity contribution < 1.29 is 0 Å². The van der Waals surface area contributed by atoms with Gasteiger partial charge in [-0.3, -0.25) is 0 Å². The van der Waals surface area contributed by atoms with E-state index < -0.39 is 0 Å². The largest absolute Gasteiger partial charge is 0.536 e. The van der Waals surface area contributed by atoms with Crippen LogP contribution in [0.25, 0.3) is 41.3 Å². The molecule has 0 bridgehead atoms. The van der Waals surface area contributed by atoms with E-state index in [1.165, 1.54) is 22.7 Å². The first-order valence-electron chi connectivity index (χ1n) is 5.97. The molecule has 0 saturated heterocycles. The zero-order valence-electron chi connectivity index (χ0n) is 10.9. The van der Waals surface area contributed by atoms with Crippen LogP contribution in [-0.4, -0.2) is 0 Å². The maximum atomic E-state index is 8.95. The second-order valence-electron chi connectivity index (χ2n) is 4.29. The van der Waals surface area contributed by atoms with Crippen LogP contribution in [0.1, 0.15) is 0 Å². The first-order valence-corrected chi connectivity index (χ1v) is 7.60. The van der Waals surface area contributed by atoms with Crippen LogP contribution in [0.2, 0.25) is 0 Å². The molecule has 0 aliphatic carbocycles. The maximum Gasteiger partial charge on any atom is 0.536 e. The smallest absolute Gasteiger partial charge is 0.192 e. The van der Waals surface area contributed by atoms with Crippen molar-refractivity contribution in [3.8, 4) is 12.1 Å². The van der Waals surface area contributed by atoms with Crippen molar-refractivity contribution in [1.82, 2.24) is 0 Å². The maximum absolute atomic E-state index is 8.95. The van der Waals surface area contributed by atoms with Gasteiger partial charge in [0.25, 0.3) is 0 Å². The van der Waals surface area contributed by atoms with Crippen LogP contribution in [-0.2, 0) is 0 Å². The van der Waals surface area contributed by atoms with Crippen molar-refractivity contribution in [3.63, 3.8) is 0 Å². The topological polar surface area (TPSA) is 56.3 Å². The Hall–Kier alpha value is -3.16. The van der Waals surface area contributed by atoms with E-state index in [-0.39, 0.29) is 11.4 Å². The summed E-state index contributed by atoms with van der Waals surface area (Å²) in [6.45, 7) is 14.0. The Morgan fingerprint density at radius 3 is 1.86 bits per heavy atom. The summed E-state index contributed by atoms with van der Waals surface area (Å²) in [4.78, 5) is 6.48. The molecule has 22 heavy (non-hydrogen) atoms. The number of thiophene rings is 2. The Morgan fingerprint density at radius 1 is 0.864 bits per heavy atom. The predicted molar refractivity (Wildman–Crippen MR) is 87.7 cm³/mol. The molecule has 0 amide bonds. The van der Waals surface area contributed by atoms with Crippen molar-refractivity contribution in [3.05, 3.63) is 56.2 Å². The van der Waals surface area contributed by atoms with Gasteiger partial charge < -0.3 is 0 Å². The van der Waals surface area contributed by atoms with Gasteiger partial charge in [0, 0.05) is 9.40 Å². The van der Waals surface area contributed by atoms with Gasteiger partial charge in [-0.05, 0) is 35.0 Å². The lowest BCUT2D eigenvalue weighted by molar-refractivity contribution is 1.51. The minimum absolute atomic E-state index is 0.0785. The van der Waals surface area contributed by atoms with Crippen LogP contribution < -0.4 is 9.06 Å². The average molecular weight is 316 g/mol. The summed E-state index contributed by atoms with van der Waals surface area (Å²) < 4.78 is 3.28. The standard InChI is InChI=1S/C16H4N4S2/c1-19-16(20-2)15-6-10-4-12-9(3-13(10)22-15)5-14(21-12)11(7-17)8-18/h3-6H. The third-order valence-electron chi connectivity index (χ3n) is 3.06. The van der Waals surface area contributed by atoms with E-state index in [1.807, 2.05) is 36.4 Å². The summed E-state index contributed by atoms with van der Waals surface area (Å²) in [5, 5.41) is 19.8. The molecule has 0 aliphatic heterocycles. The molecule has 0 unspecified atom stereocenters. The molecule has 3 rings (SSSR count). The average Bonchev–Trinajstić information content (AvgIpc) is 3.10. The Labute approximate surface area is 133 Å². The Morgan fingerprint density at radius 2 is 1.36 bits per heavy atom. The highest BCUT2D eigenvalue weighted by Gasteiger charge is 2.10. The number of rotatable bonds is 0. The van der Waals surface area contributed by atoms with E-state index in [2.05, 4.69) is 9.69 Å². The van der Waals surface area contributed by atoms with Crippen LogP contribution in [0.3, 0.4) is 0 Å². The van der Waals surface area contributed by atoms with E-state index in [0.29, 0.717) is 9.06 Å². The zero-order valence-corrected chi connectivity index (χ0v) is 12.5. The van der Waals surface area contributed by atoms with E-state index in [1.54, 1.807) is 0 Å². The minimum atomic E-state index is 0.0785. The molecular formula is C16H4N4S2. The normalized spacial score (nSPS) is 9.64. The van der Waals surface area contributed by atoms with Gasteiger partial charge in [-0.15, -0.1) is 22.7 Å². The van der Waals surface area contributed by atoms with Crippen LogP contribution in [0.15, 0.2) is 24.3 Å². The molecule has 100 valence electrons. The van der Waals surface area contributed by atoms with Gasteiger partial charge in [-0.1, -0.05) is 0 Å². The molecule has 0 aliphatic rings. The molecule has 2 heterocycles. The SMILES string of the molecule is [C-]#[N+]C([N+]#[C-])=c1cc2cc3sc(=C(C#N)C#N)cc3cc2s1. The molecule has 0 N–H and O–H groups in total. The van der Waals surface area contributed by atoms with Crippen LogP contribution >= 0.6 is 22.7 Å². The van der Waals surface area contributed by atoms with Crippen molar-refractivity contribution in [2.24, 2.45) is 0 Å². The van der Waals surface area contributed by atoms with E-state index in [9.17, 15) is 0 Å². The Kier molecular flexibility index (Phi) is 3.34. The van der Waals surface area contributed by atoms with Crippen LogP contribution in [0.4, 0.5) is 0 Å². The molecule has 0 atom stereocenters. The fourth-order valence-electron chi connectivity index (χ4n) is 2.08. The van der Waals surface area contributed by atoms with E-state index in [0.717, 1.165) is 20.2 Å². The van der Waals surface area contributed by atoms with Gasteiger partial charge in [0.15, 0.2) is 0 Å². The molecule has 3 aromatic rings. The summed E-state index contributed by atoms with van der Waals surface area (Å²) in [6.07, 6.45) is 0. The predicted octanol–water partition coefficient (Wildman–Crippen LogP) is 3.22. The molecule has 6 heteroatoms. The highest BCUT2D eigenvalue weighted by molar-refractivity contribution is 7.18. The number of fused-ring (bicyclic) bond motifs is 2. The molecule has 4 nitrogen and oxygen atoms in total. The summed E-state index contributed by atoms with van der Waals surface area (Å²) in [5.41, 5.74) is 0.113. The lowest BCUT2D eigenvalue weighted by Crippen LogP contribution is -1.94. The van der Waals surface area contributed by atoms with E-state index >= 15 is 0 Å². The molecule has 0 spiro atoms. The molecule has 1 aromatic carbocycles. The van der Waals surface area contributed by atoms with Gasteiger partial charge >= 0.3 is 5.82 Å². The minimum Gasteiger partial charge on any atom is -0.192 e. The Bertz CT molecular complexity index is 1030. The number of benzene rings is 1. The molecule has 2 aromatic heterocycles. The van der Waals surface area contributed by atoms with Gasteiger partial charge in [-0.25, -0.2) is 0 Å². The van der Waals surface area contributed by atoms with Crippen molar-refractivity contribution in [2.45, 2.75) is 0 Å². The number of nitrogens with zero attached hydrogens (tertiary/aromatic N) is 4. The molecular weight excluding hydrogens is 312 g/mol. The summed E-state index contributed by atoms with van der Waals surface area (Å²) >= 11 is 2.80. The van der Waals surface area contributed by atoms with E-state index in [4.69, 9.17) is 23.7 Å². The molecule has 0 fully saturated rings. The monoisotopic (exact) mass is 316 g/mol. The first kappa shape index (κ1) is 13.8. The summed E-state index contributed by atoms with van der Waals surface area (Å²) in [7, 11) is 0. The van der Waals surface area contributed by atoms with Crippen molar-refractivity contribution >= 4 is 54.2 Å². The van der Waals surface area contributed by atoms with Crippen LogP contribution in [0, 0.1) is 35.8 Å².